The zero-order valence-corrected chi connectivity index (χ0v) is 20.2. The Labute approximate surface area is 199 Å². The number of nitrogens with zero attached hydrogens (tertiary/aromatic N) is 7. The van der Waals surface area contributed by atoms with Crippen molar-refractivity contribution in [1.82, 2.24) is 25.1 Å². The first-order chi connectivity index (χ1) is 15.9. The van der Waals surface area contributed by atoms with Crippen LogP contribution in [0, 0.1) is 18.8 Å². The van der Waals surface area contributed by atoms with Gasteiger partial charge in [0.05, 0.1) is 6.54 Å². The van der Waals surface area contributed by atoms with Gasteiger partial charge in [-0.3, -0.25) is 4.79 Å². The van der Waals surface area contributed by atoms with Crippen LogP contribution in [-0.2, 0) is 11.3 Å². The molecule has 174 valence electrons. The number of aromatic nitrogens is 4. The third-order valence-corrected chi connectivity index (χ3v) is 6.54. The smallest absolute Gasteiger partial charge is 0.246 e. The molecule has 1 aliphatic heterocycles. The number of likely N-dealkylation sites (tertiary alicyclic amines) is 1. The molecule has 1 aromatic carbocycles. The van der Waals surface area contributed by atoms with E-state index in [0.717, 1.165) is 48.5 Å². The Morgan fingerprint density at radius 2 is 1.79 bits per heavy atom. The lowest BCUT2D eigenvalue weighted by atomic mass is 9.92. The quantitative estimate of drug-likeness (QED) is 0.347. The first-order valence-electron chi connectivity index (χ1n) is 11.5. The van der Waals surface area contributed by atoms with Gasteiger partial charge in [0, 0.05) is 41.5 Å². The molecule has 1 saturated carbocycles. The number of amides is 1. The second kappa shape index (κ2) is 10.4. The van der Waals surface area contributed by atoms with Gasteiger partial charge in [-0.1, -0.05) is 17.7 Å². The highest BCUT2D eigenvalue weighted by atomic mass is 35.5. The van der Waals surface area contributed by atoms with Crippen molar-refractivity contribution >= 4 is 35.0 Å². The molecule has 1 saturated heterocycles. The van der Waals surface area contributed by atoms with E-state index in [1.54, 1.807) is 13.0 Å². The first-order valence-corrected chi connectivity index (χ1v) is 11.9. The van der Waals surface area contributed by atoms with E-state index in [9.17, 15) is 4.79 Å². The van der Waals surface area contributed by atoms with Crippen LogP contribution >= 0.6 is 11.6 Å². The normalized spacial score (nSPS) is 18.4. The summed E-state index contributed by atoms with van der Waals surface area (Å²) in [5.74, 6) is 1.65. The number of hydrogen-bond donors (Lipinski definition) is 0. The molecule has 9 heteroatoms. The average molecular weight is 468 g/mol. The Balaban J connectivity index is 1.35. The maximum absolute atomic E-state index is 12.8. The number of hydrogen-bond acceptors (Lipinski definition) is 6. The van der Waals surface area contributed by atoms with Crippen molar-refractivity contribution in [3.63, 3.8) is 0 Å². The van der Waals surface area contributed by atoms with Crippen molar-refractivity contribution in [2.24, 2.45) is 22.0 Å². The number of carbonyl (C=O) groups is 1. The standard InChI is InChI=1S/C24H30ClN7O/c1-16(19-4-5-19)26-27-17(2)20-10-12-31(13-11-20)24(33)9-7-21-6-8-23(25)14-22(21)15-32-29-18(3)28-30-32/h6-9,14,19-20H,4-5,10-13,15H2,1-3H3/b9-7+,26-16+,27-17+. The Morgan fingerprint density at radius 1 is 1.12 bits per heavy atom. The van der Waals surface area contributed by atoms with E-state index in [1.807, 2.05) is 29.2 Å². The van der Waals surface area contributed by atoms with Gasteiger partial charge in [0.25, 0.3) is 0 Å². The van der Waals surface area contributed by atoms with E-state index in [4.69, 9.17) is 11.6 Å². The predicted molar refractivity (Wildman–Crippen MR) is 130 cm³/mol. The second-order valence-corrected chi connectivity index (χ2v) is 9.34. The maximum atomic E-state index is 12.8. The molecule has 2 aromatic rings. The summed E-state index contributed by atoms with van der Waals surface area (Å²) >= 11 is 6.19. The molecule has 33 heavy (non-hydrogen) atoms. The molecule has 2 heterocycles. The molecule has 4 rings (SSSR count). The third-order valence-electron chi connectivity index (χ3n) is 6.31. The van der Waals surface area contributed by atoms with Gasteiger partial charge in [0.1, 0.15) is 0 Å². The molecular formula is C24H30ClN7O. The molecule has 0 N–H and O–H groups in total. The molecule has 1 aromatic heterocycles. The topological polar surface area (TPSA) is 88.6 Å². The Hall–Kier alpha value is -2.87. The first kappa shape index (κ1) is 23.3. The van der Waals surface area contributed by atoms with Gasteiger partial charge in [-0.2, -0.15) is 15.0 Å². The molecule has 8 nitrogen and oxygen atoms in total. The van der Waals surface area contributed by atoms with Gasteiger partial charge in [-0.25, -0.2) is 0 Å². The zero-order valence-electron chi connectivity index (χ0n) is 19.4. The highest BCUT2D eigenvalue weighted by molar-refractivity contribution is 6.30. The average Bonchev–Trinajstić information content (AvgIpc) is 3.59. The fourth-order valence-electron chi connectivity index (χ4n) is 4.02. The number of aryl methyl sites for hydroxylation is 1. The molecule has 0 unspecified atom stereocenters. The molecule has 1 aliphatic carbocycles. The minimum absolute atomic E-state index is 0.0151. The molecular weight excluding hydrogens is 438 g/mol. The Bertz CT molecular complexity index is 1090. The summed E-state index contributed by atoms with van der Waals surface area (Å²) in [6.07, 6.45) is 7.79. The summed E-state index contributed by atoms with van der Waals surface area (Å²) in [6, 6.07) is 5.59. The van der Waals surface area contributed by atoms with Crippen LogP contribution < -0.4 is 0 Å². The van der Waals surface area contributed by atoms with Crippen molar-refractivity contribution in [2.75, 3.05) is 13.1 Å². The highest BCUT2D eigenvalue weighted by Gasteiger charge is 2.25. The van der Waals surface area contributed by atoms with Crippen molar-refractivity contribution in [3.8, 4) is 0 Å². The van der Waals surface area contributed by atoms with Gasteiger partial charge in [-0.15, -0.1) is 10.2 Å². The number of tetrazole rings is 1. The van der Waals surface area contributed by atoms with E-state index >= 15 is 0 Å². The largest absolute Gasteiger partial charge is 0.339 e. The van der Waals surface area contributed by atoms with Crippen molar-refractivity contribution in [3.05, 3.63) is 46.2 Å². The molecule has 0 radical (unpaired) electrons. The summed E-state index contributed by atoms with van der Waals surface area (Å²) in [7, 11) is 0. The number of piperidine rings is 1. The summed E-state index contributed by atoms with van der Waals surface area (Å²) in [6.45, 7) is 7.79. The number of rotatable bonds is 7. The summed E-state index contributed by atoms with van der Waals surface area (Å²) in [5.41, 5.74) is 4.05. The van der Waals surface area contributed by atoms with Crippen LogP contribution in [0.2, 0.25) is 5.02 Å². The Kier molecular flexibility index (Phi) is 7.33. The van der Waals surface area contributed by atoms with E-state index in [-0.39, 0.29) is 5.91 Å². The van der Waals surface area contributed by atoms with Gasteiger partial charge >= 0.3 is 0 Å². The zero-order chi connectivity index (χ0) is 23.4. The maximum Gasteiger partial charge on any atom is 0.246 e. The van der Waals surface area contributed by atoms with Crippen LogP contribution in [0.15, 0.2) is 34.5 Å². The van der Waals surface area contributed by atoms with E-state index in [1.165, 1.54) is 17.6 Å². The van der Waals surface area contributed by atoms with Crippen LogP contribution in [0.1, 0.15) is 56.5 Å². The van der Waals surface area contributed by atoms with Gasteiger partial charge in [0.2, 0.25) is 5.91 Å². The van der Waals surface area contributed by atoms with Crippen LogP contribution in [0.25, 0.3) is 6.08 Å². The number of carbonyl (C=O) groups excluding carboxylic acids is 1. The van der Waals surface area contributed by atoms with E-state index < -0.39 is 0 Å². The third kappa shape index (κ3) is 6.35. The summed E-state index contributed by atoms with van der Waals surface area (Å²) in [4.78, 5) is 16.2. The van der Waals surface area contributed by atoms with Crippen LogP contribution in [0.4, 0.5) is 0 Å². The van der Waals surface area contributed by atoms with E-state index in [2.05, 4.69) is 39.5 Å². The SMILES string of the molecule is C/C(=N\N=C(/C)C1CCN(C(=O)/C=C/c2ccc(Cl)cc2Cn2nnc(C)n2)CC1)C1CC1. The predicted octanol–water partition coefficient (Wildman–Crippen LogP) is 4.18. The fourth-order valence-corrected chi connectivity index (χ4v) is 4.22. The van der Waals surface area contributed by atoms with Gasteiger partial charge in [-0.05, 0) is 86.9 Å². The van der Waals surface area contributed by atoms with Crippen molar-refractivity contribution < 1.29 is 4.79 Å². The molecule has 0 bridgehead atoms. The molecule has 2 fully saturated rings. The monoisotopic (exact) mass is 467 g/mol. The lowest BCUT2D eigenvalue weighted by molar-refractivity contribution is -0.127. The van der Waals surface area contributed by atoms with Crippen LogP contribution in [0.3, 0.4) is 0 Å². The van der Waals surface area contributed by atoms with Gasteiger partial charge in [0.15, 0.2) is 5.82 Å². The molecule has 2 aliphatic rings. The molecule has 0 atom stereocenters. The minimum Gasteiger partial charge on any atom is -0.339 e. The molecule has 0 spiro atoms. The van der Waals surface area contributed by atoms with E-state index in [0.29, 0.717) is 29.2 Å². The number of benzene rings is 1. The van der Waals surface area contributed by atoms with Crippen molar-refractivity contribution in [1.29, 1.82) is 0 Å². The van der Waals surface area contributed by atoms with Crippen molar-refractivity contribution in [2.45, 2.75) is 53.0 Å². The summed E-state index contributed by atoms with van der Waals surface area (Å²) in [5, 5.41) is 21.7. The van der Waals surface area contributed by atoms with Gasteiger partial charge < -0.3 is 4.90 Å². The lowest BCUT2D eigenvalue weighted by Gasteiger charge is -2.31. The fraction of sp³-hybridized carbons (Fsp3) is 0.500. The second-order valence-electron chi connectivity index (χ2n) is 8.90. The Morgan fingerprint density at radius 3 is 2.39 bits per heavy atom. The highest BCUT2D eigenvalue weighted by Crippen LogP contribution is 2.30. The van der Waals surface area contributed by atoms with Crippen LogP contribution in [0.5, 0.6) is 0 Å². The summed E-state index contributed by atoms with van der Waals surface area (Å²) < 4.78 is 0. The minimum atomic E-state index is 0.0151. The lowest BCUT2D eigenvalue weighted by Crippen LogP contribution is -2.39. The number of halogens is 1. The molecule has 1 amide bonds. The van der Waals surface area contributed by atoms with Crippen LogP contribution in [-0.4, -0.2) is 55.5 Å².